The van der Waals surface area contributed by atoms with Gasteiger partial charge in [-0.1, -0.05) is 29.8 Å². The Morgan fingerprint density at radius 2 is 1.92 bits per heavy atom. The van der Waals surface area contributed by atoms with E-state index in [1.54, 1.807) is 6.92 Å². The minimum Gasteiger partial charge on any atom is -0.467 e. The molecule has 2 heterocycles. The van der Waals surface area contributed by atoms with Crippen molar-refractivity contribution in [1.29, 1.82) is 0 Å². The minimum atomic E-state index is -0.717. The summed E-state index contributed by atoms with van der Waals surface area (Å²) in [6, 6.07) is 7.33. The van der Waals surface area contributed by atoms with Crippen LogP contribution < -0.4 is 5.56 Å². The molecule has 0 aliphatic carbocycles. The predicted molar refractivity (Wildman–Crippen MR) is 95.5 cm³/mol. The first kappa shape index (κ1) is 16.4. The van der Waals surface area contributed by atoms with Crippen LogP contribution in [0.1, 0.15) is 23.4 Å². The molecule has 3 rings (SSSR count). The molecule has 6 heteroatoms. The molecule has 0 aliphatic rings. The van der Waals surface area contributed by atoms with Crippen molar-refractivity contribution in [2.24, 2.45) is 0 Å². The Morgan fingerprint density at radius 1 is 1.25 bits per heavy atom. The van der Waals surface area contributed by atoms with Crippen LogP contribution in [0.3, 0.4) is 0 Å². The Morgan fingerprint density at radius 3 is 2.54 bits per heavy atom. The first-order valence-electron chi connectivity index (χ1n) is 7.59. The number of aryl methyl sites for hydroxylation is 2. The van der Waals surface area contributed by atoms with Gasteiger partial charge in [-0.05, 0) is 26.3 Å². The molecule has 5 nitrogen and oxygen atoms in total. The number of methoxy groups -OCH3 is 1. The zero-order chi connectivity index (χ0) is 17.4. The van der Waals surface area contributed by atoms with Gasteiger partial charge in [-0.3, -0.25) is 9.36 Å². The zero-order valence-corrected chi connectivity index (χ0v) is 14.8. The van der Waals surface area contributed by atoms with E-state index < -0.39 is 12.0 Å². The number of aromatic nitrogens is 2. The lowest BCUT2D eigenvalue weighted by molar-refractivity contribution is -0.144. The molecule has 0 spiro atoms. The maximum Gasteiger partial charge on any atom is 0.328 e. The van der Waals surface area contributed by atoms with E-state index in [-0.39, 0.29) is 5.56 Å². The van der Waals surface area contributed by atoms with E-state index in [0.29, 0.717) is 10.2 Å². The second-order valence-corrected chi connectivity index (χ2v) is 6.94. The number of esters is 1. The van der Waals surface area contributed by atoms with E-state index in [9.17, 15) is 9.59 Å². The molecule has 0 aliphatic heterocycles. The summed E-state index contributed by atoms with van der Waals surface area (Å²) in [7, 11) is 1.31. The smallest absolute Gasteiger partial charge is 0.328 e. The highest BCUT2D eigenvalue weighted by molar-refractivity contribution is 7.19. The van der Waals surface area contributed by atoms with Crippen LogP contribution in [0.5, 0.6) is 0 Å². The zero-order valence-electron chi connectivity index (χ0n) is 14.0. The molecule has 124 valence electrons. The topological polar surface area (TPSA) is 61.2 Å². The molecule has 0 bridgehead atoms. The van der Waals surface area contributed by atoms with Crippen LogP contribution in [0.4, 0.5) is 0 Å². The molecule has 0 saturated carbocycles. The van der Waals surface area contributed by atoms with Crippen LogP contribution in [0, 0.1) is 13.8 Å². The van der Waals surface area contributed by atoms with Crippen LogP contribution >= 0.6 is 11.3 Å². The Labute approximate surface area is 143 Å². The standard InChI is InChI=1S/C18H18N2O3S/c1-10-5-7-13(8-6-10)14-12(3)24-16-15(14)17(21)20(9-19-16)11(2)18(22)23-4/h5-9,11H,1-4H3. The summed E-state index contributed by atoms with van der Waals surface area (Å²) >= 11 is 1.49. The average molecular weight is 342 g/mol. The van der Waals surface area contributed by atoms with Gasteiger partial charge in [-0.15, -0.1) is 11.3 Å². The number of fused-ring (bicyclic) bond motifs is 1. The van der Waals surface area contributed by atoms with Crippen molar-refractivity contribution < 1.29 is 9.53 Å². The highest BCUT2D eigenvalue weighted by Crippen LogP contribution is 2.35. The van der Waals surface area contributed by atoms with Gasteiger partial charge in [0.25, 0.3) is 5.56 Å². The maximum atomic E-state index is 13.0. The van der Waals surface area contributed by atoms with Gasteiger partial charge in [0.1, 0.15) is 10.9 Å². The van der Waals surface area contributed by atoms with Gasteiger partial charge in [-0.25, -0.2) is 9.78 Å². The minimum absolute atomic E-state index is 0.224. The van der Waals surface area contributed by atoms with Gasteiger partial charge in [0, 0.05) is 10.4 Å². The summed E-state index contributed by atoms with van der Waals surface area (Å²) in [6.45, 7) is 5.63. The quantitative estimate of drug-likeness (QED) is 0.684. The Hall–Kier alpha value is -2.47. The molecule has 3 aromatic rings. The number of benzene rings is 1. The van der Waals surface area contributed by atoms with Crippen LogP contribution in [0.15, 0.2) is 35.4 Å². The first-order chi connectivity index (χ1) is 11.4. The van der Waals surface area contributed by atoms with Crippen LogP contribution in [0.2, 0.25) is 0 Å². The van der Waals surface area contributed by atoms with Crippen molar-refractivity contribution in [1.82, 2.24) is 9.55 Å². The molecule has 0 N–H and O–H groups in total. The van der Waals surface area contributed by atoms with E-state index in [1.807, 2.05) is 38.1 Å². The monoisotopic (exact) mass is 342 g/mol. The van der Waals surface area contributed by atoms with Crippen LogP contribution in [0.25, 0.3) is 21.3 Å². The van der Waals surface area contributed by atoms with Gasteiger partial charge in [0.05, 0.1) is 18.8 Å². The van der Waals surface area contributed by atoms with Crippen molar-refractivity contribution in [2.45, 2.75) is 26.8 Å². The van der Waals surface area contributed by atoms with Crippen LogP contribution in [-0.4, -0.2) is 22.6 Å². The number of hydrogen-bond acceptors (Lipinski definition) is 5. The number of nitrogens with zero attached hydrogens (tertiary/aromatic N) is 2. The van der Waals surface area contributed by atoms with Gasteiger partial charge in [0.15, 0.2) is 0 Å². The normalized spacial score (nSPS) is 12.3. The summed E-state index contributed by atoms with van der Waals surface area (Å²) in [4.78, 5) is 30.9. The Bertz CT molecular complexity index is 970. The highest BCUT2D eigenvalue weighted by Gasteiger charge is 2.22. The molecule has 0 amide bonds. The molecule has 0 fully saturated rings. The van der Waals surface area contributed by atoms with E-state index in [4.69, 9.17) is 4.74 Å². The van der Waals surface area contributed by atoms with E-state index >= 15 is 0 Å². The second kappa shape index (κ2) is 6.20. The largest absolute Gasteiger partial charge is 0.467 e. The maximum absolute atomic E-state index is 13.0. The fourth-order valence-electron chi connectivity index (χ4n) is 2.74. The fourth-order valence-corrected chi connectivity index (χ4v) is 3.75. The van der Waals surface area contributed by atoms with E-state index in [1.165, 1.54) is 29.3 Å². The summed E-state index contributed by atoms with van der Waals surface area (Å²) in [5.41, 5.74) is 2.80. The SMILES string of the molecule is COC(=O)C(C)n1cnc2sc(C)c(-c3ccc(C)cc3)c2c1=O. The Balaban J connectivity index is 2.27. The molecule has 2 aromatic heterocycles. The Kier molecular flexibility index (Phi) is 4.24. The molecule has 0 saturated heterocycles. The third-order valence-electron chi connectivity index (χ3n) is 4.11. The summed E-state index contributed by atoms with van der Waals surface area (Å²) in [6.07, 6.45) is 1.42. The van der Waals surface area contributed by atoms with Crippen molar-refractivity contribution in [2.75, 3.05) is 7.11 Å². The average Bonchev–Trinajstić information content (AvgIpc) is 2.91. The molecule has 1 atom stereocenters. The summed E-state index contributed by atoms with van der Waals surface area (Å²) in [5.74, 6) is -0.470. The third kappa shape index (κ3) is 2.63. The highest BCUT2D eigenvalue weighted by atomic mass is 32.1. The van der Waals surface area contributed by atoms with Crippen molar-refractivity contribution >= 4 is 27.5 Å². The number of carbonyl (C=O) groups excluding carboxylic acids is 1. The second-order valence-electron chi connectivity index (χ2n) is 5.74. The summed E-state index contributed by atoms with van der Waals surface area (Å²) < 4.78 is 6.07. The van der Waals surface area contributed by atoms with Crippen molar-refractivity contribution in [3.05, 3.63) is 51.4 Å². The van der Waals surface area contributed by atoms with Crippen molar-refractivity contribution in [3.63, 3.8) is 0 Å². The number of rotatable bonds is 3. The molecule has 24 heavy (non-hydrogen) atoms. The van der Waals surface area contributed by atoms with Crippen LogP contribution in [-0.2, 0) is 9.53 Å². The number of ether oxygens (including phenoxy) is 1. The first-order valence-corrected chi connectivity index (χ1v) is 8.40. The predicted octanol–water partition coefficient (Wildman–Crippen LogP) is 3.48. The molecule has 1 unspecified atom stereocenters. The van der Waals surface area contributed by atoms with Gasteiger partial charge in [0.2, 0.25) is 0 Å². The number of hydrogen-bond donors (Lipinski definition) is 0. The number of thiophene rings is 1. The fraction of sp³-hybridized carbons (Fsp3) is 0.278. The van der Waals surface area contributed by atoms with Gasteiger partial charge >= 0.3 is 5.97 Å². The van der Waals surface area contributed by atoms with Crippen molar-refractivity contribution in [3.8, 4) is 11.1 Å². The molecule has 1 aromatic carbocycles. The molecule has 0 radical (unpaired) electrons. The lowest BCUT2D eigenvalue weighted by atomic mass is 10.0. The third-order valence-corrected chi connectivity index (χ3v) is 5.13. The molecular formula is C18H18N2O3S. The number of carbonyl (C=O) groups is 1. The van der Waals surface area contributed by atoms with E-state index in [2.05, 4.69) is 4.98 Å². The lowest BCUT2D eigenvalue weighted by Crippen LogP contribution is -2.29. The van der Waals surface area contributed by atoms with Gasteiger partial charge in [-0.2, -0.15) is 0 Å². The summed E-state index contributed by atoms with van der Waals surface area (Å²) in [5, 5.41) is 0.555. The van der Waals surface area contributed by atoms with Gasteiger partial charge < -0.3 is 4.74 Å². The lowest BCUT2D eigenvalue weighted by Gasteiger charge is -2.12. The molecular weight excluding hydrogens is 324 g/mol. The van der Waals surface area contributed by atoms with E-state index in [0.717, 1.165) is 21.6 Å².